The average Bonchev–Trinajstić information content (AvgIpc) is 1.60. The molecule has 0 radical (unpaired) electrons. The molecule has 7 nitrogen and oxygen atoms in total. The van der Waals surface area contributed by atoms with E-state index < -0.39 is 17.8 Å². The van der Waals surface area contributed by atoms with Gasteiger partial charge in [-0.05, 0) is 0 Å². The first-order valence-electron chi connectivity index (χ1n) is 2.27. The van der Waals surface area contributed by atoms with Crippen LogP contribution in [-0.2, 0) is 9.53 Å². The summed E-state index contributed by atoms with van der Waals surface area (Å²) in [5, 5.41) is 6.52. The van der Waals surface area contributed by atoms with Gasteiger partial charge >= 0.3 is 5.97 Å². The Morgan fingerprint density at radius 2 is 1.80 bits per heavy atom. The van der Waals surface area contributed by atoms with E-state index in [-0.39, 0.29) is 0 Å². The number of hydrogen-bond donors (Lipinski definition) is 5. The van der Waals surface area contributed by atoms with Crippen molar-refractivity contribution in [1.29, 1.82) is 5.41 Å². The predicted molar refractivity (Wildman–Crippen MR) is 33.3 cm³/mol. The van der Waals surface area contributed by atoms with Gasteiger partial charge in [0, 0.05) is 0 Å². The summed E-state index contributed by atoms with van der Waals surface area (Å²) < 4.78 is 4.04. The number of amidine groups is 1. The zero-order valence-electron chi connectivity index (χ0n) is 5.13. The average molecular weight is 147 g/mol. The Balaban J connectivity index is 3.93. The van der Waals surface area contributed by atoms with Crippen LogP contribution in [0.25, 0.3) is 0 Å². The molecule has 10 heavy (non-hydrogen) atoms. The normalized spacial score (nSPS) is 10.7. The van der Waals surface area contributed by atoms with Crippen molar-refractivity contribution in [1.82, 2.24) is 0 Å². The van der Waals surface area contributed by atoms with E-state index in [2.05, 4.69) is 10.5 Å². The van der Waals surface area contributed by atoms with E-state index in [0.29, 0.717) is 0 Å². The van der Waals surface area contributed by atoms with Gasteiger partial charge in [-0.3, -0.25) is 22.6 Å². The van der Waals surface area contributed by atoms with E-state index in [1.54, 1.807) is 0 Å². The third kappa shape index (κ3) is 3.78. The number of carbonyl (C=O) groups is 1. The molecule has 0 bridgehead atoms. The second-order valence-electron chi connectivity index (χ2n) is 1.66. The van der Waals surface area contributed by atoms with Crippen LogP contribution in [0.15, 0.2) is 0 Å². The Morgan fingerprint density at radius 1 is 1.40 bits per heavy atom. The number of hydrogen-bond acceptors (Lipinski definition) is 6. The lowest BCUT2D eigenvalue weighted by molar-refractivity contribution is -0.149. The van der Waals surface area contributed by atoms with Gasteiger partial charge in [-0.15, -0.1) is 0 Å². The van der Waals surface area contributed by atoms with Crippen molar-refractivity contribution in [3.05, 3.63) is 0 Å². The van der Waals surface area contributed by atoms with E-state index in [4.69, 9.17) is 22.6 Å². The lowest BCUT2D eigenvalue weighted by atomic mass is 10.6. The summed E-state index contributed by atoms with van der Waals surface area (Å²) >= 11 is 0. The Kier molecular flexibility index (Phi) is 2.30. The molecule has 0 amide bonds. The smallest absolute Gasteiger partial charge is 0.376 e. The van der Waals surface area contributed by atoms with Crippen LogP contribution >= 0.6 is 0 Å². The minimum atomic E-state index is -2.07. The highest BCUT2D eigenvalue weighted by Crippen LogP contribution is 1.83. The van der Waals surface area contributed by atoms with E-state index in [1.807, 2.05) is 0 Å². The molecule has 0 aliphatic rings. The summed E-state index contributed by atoms with van der Waals surface area (Å²) in [7, 11) is 0. The molecule has 0 aromatic heterocycles. The predicted octanol–water partition coefficient (Wildman–Crippen LogP) is -3.05. The summed E-state index contributed by atoms with van der Waals surface area (Å²) in [6.45, 7) is 0. The fourth-order valence-electron chi connectivity index (χ4n) is 0.216. The molecule has 0 saturated carbocycles. The first kappa shape index (κ1) is 8.82. The van der Waals surface area contributed by atoms with Gasteiger partial charge in [0.2, 0.25) is 5.84 Å². The van der Waals surface area contributed by atoms with Crippen molar-refractivity contribution < 1.29 is 9.53 Å². The molecular weight excluding hydrogens is 138 g/mol. The van der Waals surface area contributed by atoms with Gasteiger partial charge in [-0.25, -0.2) is 4.79 Å². The van der Waals surface area contributed by atoms with Crippen LogP contribution in [0.2, 0.25) is 0 Å². The number of carbonyl (C=O) groups excluding carboxylic acids is 1. The van der Waals surface area contributed by atoms with Crippen molar-refractivity contribution in [3.63, 3.8) is 0 Å². The molecule has 0 atom stereocenters. The Morgan fingerprint density at radius 3 is 1.90 bits per heavy atom. The minimum Gasteiger partial charge on any atom is -0.411 e. The van der Waals surface area contributed by atoms with Crippen molar-refractivity contribution in [2.24, 2.45) is 22.9 Å². The Labute approximate surface area is 56.8 Å². The highest BCUT2D eigenvalue weighted by molar-refractivity contribution is 6.33. The third-order valence-electron chi connectivity index (χ3n) is 0.489. The van der Waals surface area contributed by atoms with Crippen molar-refractivity contribution in [3.8, 4) is 0 Å². The molecule has 0 aromatic carbocycles. The van der Waals surface area contributed by atoms with Crippen LogP contribution in [0, 0.1) is 5.41 Å². The van der Waals surface area contributed by atoms with E-state index in [9.17, 15) is 4.79 Å². The van der Waals surface area contributed by atoms with Gasteiger partial charge < -0.3 is 10.5 Å². The molecule has 9 N–H and O–H groups in total. The maximum atomic E-state index is 10.3. The zero-order valence-corrected chi connectivity index (χ0v) is 5.13. The monoisotopic (exact) mass is 147 g/mol. The first-order valence-corrected chi connectivity index (χ1v) is 2.27. The number of rotatable bonds is 1. The largest absolute Gasteiger partial charge is 0.411 e. The van der Waals surface area contributed by atoms with Gasteiger partial charge in [0.15, 0.2) is 0 Å². The number of esters is 1. The molecule has 0 heterocycles. The van der Waals surface area contributed by atoms with Crippen LogP contribution in [-0.4, -0.2) is 17.8 Å². The van der Waals surface area contributed by atoms with E-state index >= 15 is 0 Å². The molecular formula is C3H9N5O2. The molecule has 0 rings (SSSR count). The molecule has 58 valence electrons. The number of nitrogens with one attached hydrogen (secondary N) is 1. The highest BCUT2D eigenvalue weighted by atomic mass is 16.6. The molecule has 0 aliphatic carbocycles. The minimum absolute atomic E-state index is 0.800. The van der Waals surface area contributed by atoms with Gasteiger partial charge in [0.25, 0.3) is 5.97 Å². The van der Waals surface area contributed by atoms with Crippen molar-refractivity contribution in [2.75, 3.05) is 0 Å². The van der Waals surface area contributed by atoms with Crippen LogP contribution in [0.1, 0.15) is 0 Å². The van der Waals surface area contributed by atoms with Crippen LogP contribution in [0.5, 0.6) is 0 Å². The molecule has 0 aliphatic heterocycles. The van der Waals surface area contributed by atoms with Gasteiger partial charge in [-0.1, -0.05) is 0 Å². The summed E-state index contributed by atoms with van der Waals surface area (Å²) in [6, 6.07) is 0. The van der Waals surface area contributed by atoms with Crippen molar-refractivity contribution in [2.45, 2.75) is 5.97 Å². The van der Waals surface area contributed by atoms with E-state index in [1.165, 1.54) is 0 Å². The maximum Gasteiger partial charge on any atom is 0.376 e. The van der Waals surface area contributed by atoms with Gasteiger partial charge in [-0.2, -0.15) is 0 Å². The van der Waals surface area contributed by atoms with Crippen LogP contribution in [0.4, 0.5) is 0 Å². The summed E-state index contributed by atoms with van der Waals surface area (Å²) in [4.78, 5) is 10.3. The molecule has 0 saturated heterocycles. The number of nitrogens with two attached hydrogens (primary N) is 4. The first-order chi connectivity index (χ1) is 4.33. The lowest BCUT2D eigenvalue weighted by Gasteiger charge is -2.17. The SMILES string of the molecule is N=C(N)C(=O)OC(N)(N)N. The lowest BCUT2D eigenvalue weighted by Crippen LogP contribution is -2.62. The Bertz CT molecular complexity index is 159. The van der Waals surface area contributed by atoms with Crippen molar-refractivity contribution >= 4 is 11.8 Å². The fourth-order valence-corrected chi connectivity index (χ4v) is 0.216. The molecule has 0 spiro atoms. The van der Waals surface area contributed by atoms with Crippen LogP contribution in [0.3, 0.4) is 0 Å². The standard InChI is InChI=1S/C3H9N5O2/c4-1(5)2(9)10-3(6,7)8/h6-8H2,(H3,4,5). The fraction of sp³-hybridized carbons (Fsp3) is 0.333. The van der Waals surface area contributed by atoms with Gasteiger partial charge in [0.05, 0.1) is 0 Å². The highest BCUT2D eigenvalue weighted by Gasteiger charge is 2.19. The quantitative estimate of drug-likeness (QED) is 0.115. The second-order valence-corrected chi connectivity index (χ2v) is 1.66. The molecule has 0 unspecified atom stereocenters. The summed E-state index contributed by atoms with van der Waals surface area (Å²) in [5.41, 5.74) is 19.2. The second kappa shape index (κ2) is 2.60. The number of ether oxygens (including phenoxy) is 1. The molecule has 0 fully saturated rings. The Hall–Kier alpha value is -1.18. The maximum absolute atomic E-state index is 10.3. The van der Waals surface area contributed by atoms with Gasteiger partial charge in [0.1, 0.15) is 0 Å². The summed E-state index contributed by atoms with van der Waals surface area (Å²) in [5.74, 6) is -4.01. The topological polar surface area (TPSA) is 154 Å². The zero-order chi connectivity index (χ0) is 8.36. The molecule has 7 heteroatoms. The van der Waals surface area contributed by atoms with Crippen LogP contribution < -0.4 is 22.9 Å². The van der Waals surface area contributed by atoms with E-state index in [0.717, 1.165) is 0 Å². The third-order valence-corrected chi connectivity index (χ3v) is 0.489. The molecule has 0 aromatic rings. The summed E-state index contributed by atoms with van der Waals surface area (Å²) in [6.07, 6.45) is 0.